The van der Waals surface area contributed by atoms with Crippen LogP contribution >= 0.6 is 0 Å². The fourth-order valence-corrected chi connectivity index (χ4v) is 2.58. The van der Waals surface area contributed by atoms with Gasteiger partial charge in [-0.15, -0.1) is 0 Å². The Morgan fingerprint density at radius 1 is 1.17 bits per heavy atom. The third-order valence-electron chi connectivity index (χ3n) is 3.09. The van der Waals surface area contributed by atoms with E-state index in [9.17, 15) is 13.2 Å². The summed E-state index contributed by atoms with van der Waals surface area (Å²) in [5.41, 5.74) is 0. The van der Waals surface area contributed by atoms with Gasteiger partial charge in [-0.1, -0.05) is 13.8 Å². The molecule has 5 nitrogen and oxygen atoms in total. The zero-order chi connectivity index (χ0) is 13.8. The van der Waals surface area contributed by atoms with E-state index in [0.717, 1.165) is 26.2 Å². The number of hydrogen-bond acceptors (Lipinski definition) is 4. The Hall–Kier alpha value is -0.620. The summed E-state index contributed by atoms with van der Waals surface area (Å²) in [6.45, 7) is 7.65. The first-order valence-corrected chi connectivity index (χ1v) is 8.52. The zero-order valence-corrected chi connectivity index (χ0v) is 12.4. The number of sulfone groups is 1. The van der Waals surface area contributed by atoms with Gasteiger partial charge in [0.1, 0.15) is 9.84 Å². The third-order valence-corrected chi connectivity index (χ3v) is 4.01. The van der Waals surface area contributed by atoms with Crippen molar-refractivity contribution < 1.29 is 13.2 Å². The molecule has 0 spiro atoms. The predicted molar refractivity (Wildman–Crippen MR) is 72.2 cm³/mol. The highest BCUT2D eigenvalue weighted by molar-refractivity contribution is 7.90. The number of carbonyl (C=O) groups excluding carboxylic acids is 1. The van der Waals surface area contributed by atoms with Crippen LogP contribution < -0.4 is 0 Å². The molecular weight excluding hydrogens is 252 g/mol. The summed E-state index contributed by atoms with van der Waals surface area (Å²) in [6, 6.07) is 0. The number of piperazine rings is 1. The van der Waals surface area contributed by atoms with E-state index in [-0.39, 0.29) is 11.7 Å². The van der Waals surface area contributed by atoms with Crippen LogP contribution in [0.25, 0.3) is 0 Å². The second kappa shape index (κ2) is 6.52. The number of nitrogens with zero attached hydrogens (tertiary/aromatic N) is 2. The molecule has 0 bridgehead atoms. The van der Waals surface area contributed by atoms with Crippen molar-refractivity contribution in [1.29, 1.82) is 0 Å². The number of amides is 1. The van der Waals surface area contributed by atoms with Crippen molar-refractivity contribution in [3.63, 3.8) is 0 Å². The summed E-state index contributed by atoms with van der Waals surface area (Å²) in [4.78, 5) is 15.8. The second-order valence-corrected chi connectivity index (χ2v) is 7.71. The van der Waals surface area contributed by atoms with Gasteiger partial charge < -0.3 is 4.90 Å². The van der Waals surface area contributed by atoms with Gasteiger partial charge >= 0.3 is 0 Å². The Balaban J connectivity index is 2.30. The van der Waals surface area contributed by atoms with E-state index in [1.54, 1.807) is 0 Å². The van der Waals surface area contributed by atoms with Gasteiger partial charge in [-0.2, -0.15) is 0 Å². The normalized spacial score (nSPS) is 18.3. The molecule has 0 aromatic heterocycles. The molecule has 1 saturated heterocycles. The van der Waals surface area contributed by atoms with E-state index in [1.165, 1.54) is 6.26 Å². The first-order valence-electron chi connectivity index (χ1n) is 6.46. The standard InChI is InChI=1S/C12H24N2O3S/c1-11(2)10-12(15)14-6-4-13(5-7-14)8-9-18(3,16)17/h11H,4-10H2,1-3H3. The highest BCUT2D eigenvalue weighted by Crippen LogP contribution is 2.08. The minimum Gasteiger partial charge on any atom is -0.340 e. The van der Waals surface area contributed by atoms with E-state index in [0.29, 0.717) is 18.9 Å². The molecule has 1 heterocycles. The van der Waals surface area contributed by atoms with Gasteiger partial charge in [-0.3, -0.25) is 9.69 Å². The van der Waals surface area contributed by atoms with Gasteiger partial charge in [0.25, 0.3) is 0 Å². The van der Waals surface area contributed by atoms with E-state index >= 15 is 0 Å². The summed E-state index contributed by atoms with van der Waals surface area (Å²) in [5.74, 6) is 0.806. The van der Waals surface area contributed by atoms with Crippen molar-refractivity contribution in [2.75, 3.05) is 44.7 Å². The number of carbonyl (C=O) groups is 1. The highest BCUT2D eigenvalue weighted by atomic mass is 32.2. The smallest absolute Gasteiger partial charge is 0.222 e. The molecule has 106 valence electrons. The molecule has 18 heavy (non-hydrogen) atoms. The van der Waals surface area contributed by atoms with Crippen molar-refractivity contribution in [1.82, 2.24) is 9.80 Å². The van der Waals surface area contributed by atoms with Crippen molar-refractivity contribution in [3.05, 3.63) is 0 Å². The molecule has 0 N–H and O–H groups in total. The van der Waals surface area contributed by atoms with Crippen LogP contribution in [-0.4, -0.2) is 68.9 Å². The van der Waals surface area contributed by atoms with Crippen molar-refractivity contribution >= 4 is 15.7 Å². The first kappa shape index (κ1) is 15.4. The molecule has 6 heteroatoms. The molecule has 0 saturated carbocycles. The van der Waals surface area contributed by atoms with Crippen LogP contribution in [-0.2, 0) is 14.6 Å². The lowest BCUT2D eigenvalue weighted by Gasteiger charge is -2.34. The molecule has 0 aromatic rings. The van der Waals surface area contributed by atoms with E-state index in [2.05, 4.69) is 4.90 Å². The summed E-state index contributed by atoms with van der Waals surface area (Å²) >= 11 is 0. The van der Waals surface area contributed by atoms with Crippen molar-refractivity contribution in [2.24, 2.45) is 5.92 Å². The fourth-order valence-electron chi connectivity index (χ4n) is 1.99. The van der Waals surface area contributed by atoms with Gasteiger partial charge in [0.05, 0.1) is 5.75 Å². The van der Waals surface area contributed by atoms with Gasteiger partial charge in [-0.25, -0.2) is 8.42 Å². The third kappa shape index (κ3) is 5.82. The molecule has 1 aliphatic heterocycles. The van der Waals surface area contributed by atoms with E-state index in [1.807, 2.05) is 18.7 Å². The monoisotopic (exact) mass is 276 g/mol. The maximum atomic E-state index is 11.8. The van der Waals surface area contributed by atoms with Gasteiger partial charge in [-0.05, 0) is 5.92 Å². The maximum absolute atomic E-state index is 11.8. The molecule has 0 radical (unpaired) electrons. The first-order chi connectivity index (χ1) is 8.28. The largest absolute Gasteiger partial charge is 0.340 e. The Kier molecular flexibility index (Phi) is 5.59. The summed E-state index contributed by atoms with van der Waals surface area (Å²) in [7, 11) is -2.89. The van der Waals surface area contributed by atoms with Crippen molar-refractivity contribution in [2.45, 2.75) is 20.3 Å². The number of rotatable bonds is 5. The lowest BCUT2D eigenvalue weighted by molar-refractivity contribution is -0.133. The zero-order valence-electron chi connectivity index (χ0n) is 11.6. The Morgan fingerprint density at radius 2 is 1.72 bits per heavy atom. The SMILES string of the molecule is CC(C)CC(=O)N1CCN(CCS(C)(=O)=O)CC1. The molecule has 0 unspecified atom stereocenters. The van der Waals surface area contributed by atoms with Gasteiger partial charge in [0.2, 0.25) is 5.91 Å². The molecule has 1 amide bonds. The topological polar surface area (TPSA) is 57.7 Å². The number of hydrogen-bond donors (Lipinski definition) is 0. The second-order valence-electron chi connectivity index (χ2n) is 5.45. The summed E-state index contributed by atoms with van der Waals surface area (Å²) < 4.78 is 22.2. The molecule has 0 aromatic carbocycles. The van der Waals surface area contributed by atoms with Crippen LogP contribution in [0, 0.1) is 5.92 Å². The van der Waals surface area contributed by atoms with Crippen LogP contribution in [0.4, 0.5) is 0 Å². The van der Waals surface area contributed by atoms with Crippen LogP contribution in [0.5, 0.6) is 0 Å². The molecule has 0 aliphatic carbocycles. The highest BCUT2D eigenvalue weighted by Gasteiger charge is 2.21. The average Bonchev–Trinajstić information content (AvgIpc) is 2.25. The minimum absolute atomic E-state index is 0.201. The Bertz CT molecular complexity index is 371. The van der Waals surface area contributed by atoms with Crippen LogP contribution in [0.1, 0.15) is 20.3 Å². The molecular formula is C12H24N2O3S. The quantitative estimate of drug-likeness (QED) is 0.721. The van der Waals surface area contributed by atoms with E-state index < -0.39 is 9.84 Å². The Morgan fingerprint density at radius 3 is 2.17 bits per heavy atom. The molecule has 1 rings (SSSR count). The lowest BCUT2D eigenvalue weighted by atomic mass is 10.1. The average molecular weight is 276 g/mol. The van der Waals surface area contributed by atoms with Crippen LogP contribution in [0.3, 0.4) is 0 Å². The van der Waals surface area contributed by atoms with Gasteiger partial charge in [0, 0.05) is 45.4 Å². The lowest BCUT2D eigenvalue weighted by Crippen LogP contribution is -2.49. The fraction of sp³-hybridized carbons (Fsp3) is 0.917. The summed E-state index contributed by atoms with van der Waals surface area (Å²) in [6.07, 6.45) is 1.86. The van der Waals surface area contributed by atoms with Crippen LogP contribution in [0.15, 0.2) is 0 Å². The molecule has 1 aliphatic rings. The summed E-state index contributed by atoms with van der Waals surface area (Å²) in [5, 5.41) is 0. The van der Waals surface area contributed by atoms with Gasteiger partial charge in [0.15, 0.2) is 0 Å². The minimum atomic E-state index is -2.89. The van der Waals surface area contributed by atoms with Crippen molar-refractivity contribution in [3.8, 4) is 0 Å². The molecule has 1 fully saturated rings. The van der Waals surface area contributed by atoms with E-state index in [4.69, 9.17) is 0 Å². The predicted octanol–water partition coefficient (Wildman–Crippen LogP) is 0.221. The van der Waals surface area contributed by atoms with Crippen LogP contribution in [0.2, 0.25) is 0 Å². The molecule has 0 atom stereocenters. The maximum Gasteiger partial charge on any atom is 0.222 e. The Labute approximate surface area is 110 Å².